The summed E-state index contributed by atoms with van der Waals surface area (Å²) in [6.45, 7) is 6.80. The zero-order chi connectivity index (χ0) is 12.5. The van der Waals surface area contributed by atoms with E-state index in [-0.39, 0.29) is 23.3 Å². The lowest BCUT2D eigenvalue weighted by Gasteiger charge is -2.12. The van der Waals surface area contributed by atoms with E-state index < -0.39 is 17.3 Å². The Bertz CT molecular complexity index is 461. The molecule has 1 rings (SSSR count). The highest BCUT2D eigenvalue weighted by Crippen LogP contribution is 2.41. The first-order valence-electron chi connectivity index (χ1n) is 4.87. The van der Waals surface area contributed by atoms with Gasteiger partial charge < -0.3 is 15.3 Å². The molecule has 4 nitrogen and oxygen atoms in total. The van der Waals surface area contributed by atoms with Crippen molar-refractivity contribution in [3.05, 3.63) is 23.8 Å². The number of carbonyl (C=O) groups excluding carboxylic acids is 1. The molecule has 0 fully saturated rings. The first-order chi connectivity index (χ1) is 7.40. The minimum Gasteiger partial charge on any atom is -0.507 e. The number of aromatic hydroxyl groups is 3. The van der Waals surface area contributed by atoms with Crippen LogP contribution in [0, 0.1) is 0 Å². The van der Waals surface area contributed by atoms with E-state index in [1.54, 1.807) is 13.8 Å². The molecule has 0 radical (unpaired) electrons. The second-order valence-corrected chi connectivity index (χ2v) is 3.57. The third-order valence-corrected chi connectivity index (χ3v) is 2.29. The summed E-state index contributed by atoms with van der Waals surface area (Å²) >= 11 is 0. The van der Waals surface area contributed by atoms with Crippen molar-refractivity contribution in [3.63, 3.8) is 0 Å². The molecule has 1 aromatic rings. The average molecular weight is 222 g/mol. The van der Waals surface area contributed by atoms with Gasteiger partial charge in [0, 0.05) is 12.5 Å². The molecule has 86 valence electrons. The van der Waals surface area contributed by atoms with Gasteiger partial charge in [-0.1, -0.05) is 13.5 Å². The van der Waals surface area contributed by atoms with Gasteiger partial charge in [0.25, 0.3) is 0 Å². The zero-order valence-corrected chi connectivity index (χ0v) is 9.24. The van der Waals surface area contributed by atoms with Gasteiger partial charge >= 0.3 is 0 Å². The summed E-state index contributed by atoms with van der Waals surface area (Å²) in [5.74, 6) is -1.53. The molecule has 0 aliphatic carbocycles. The molecule has 0 aromatic heterocycles. The molecule has 3 N–H and O–H groups in total. The Hall–Kier alpha value is -1.97. The maximum atomic E-state index is 11.5. The Morgan fingerprint density at radius 1 is 1.25 bits per heavy atom. The van der Waals surface area contributed by atoms with E-state index in [9.17, 15) is 20.1 Å². The molecule has 0 spiro atoms. The minimum absolute atomic E-state index is 0.0922. The van der Waals surface area contributed by atoms with Gasteiger partial charge in [-0.25, -0.2) is 0 Å². The van der Waals surface area contributed by atoms with Crippen molar-refractivity contribution < 1.29 is 20.1 Å². The fourth-order valence-electron chi connectivity index (χ4n) is 1.51. The Kier molecular flexibility index (Phi) is 3.22. The average Bonchev–Trinajstić information content (AvgIpc) is 2.15. The van der Waals surface area contributed by atoms with E-state index in [1.165, 1.54) is 0 Å². The fourth-order valence-corrected chi connectivity index (χ4v) is 1.51. The molecule has 0 atom stereocenters. The van der Waals surface area contributed by atoms with Crippen molar-refractivity contribution in [2.24, 2.45) is 0 Å². The first kappa shape index (κ1) is 12.1. The van der Waals surface area contributed by atoms with Crippen LogP contribution in [0.25, 0.3) is 5.57 Å². The SMILES string of the molecule is C=C(C)c1c(O)cc(O)c(C(=O)CC)c1O. The molecule has 4 heteroatoms. The van der Waals surface area contributed by atoms with Crippen LogP contribution in [0.2, 0.25) is 0 Å². The molecular weight excluding hydrogens is 208 g/mol. The van der Waals surface area contributed by atoms with Gasteiger partial charge in [-0.15, -0.1) is 0 Å². The van der Waals surface area contributed by atoms with Gasteiger partial charge in [-0.05, 0) is 12.5 Å². The van der Waals surface area contributed by atoms with Crippen LogP contribution in [0.4, 0.5) is 0 Å². The van der Waals surface area contributed by atoms with Gasteiger partial charge in [0.15, 0.2) is 5.78 Å². The Morgan fingerprint density at radius 3 is 2.19 bits per heavy atom. The number of Topliss-reactive ketones (excluding diaryl/α,β-unsaturated/α-hetero) is 1. The van der Waals surface area contributed by atoms with Gasteiger partial charge in [0.05, 0.1) is 5.56 Å². The summed E-state index contributed by atoms with van der Waals surface area (Å²) in [6.07, 6.45) is 0.154. The molecule has 0 saturated carbocycles. The quantitative estimate of drug-likeness (QED) is 0.686. The van der Waals surface area contributed by atoms with E-state index >= 15 is 0 Å². The van der Waals surface area contributed by atoms with Crippen molar-refractivity contribution in [2.75, 3.05) is 0 Å². The van der Waals surface area contributed by atoms with Crippen LogP contribution >= 0.6 is 0 Å². The van der Waals surface area contributed by atoms with Crippen LogP contribution in [-0.2, 0) is 0 Å². The predicted octanol–water partition coefficient (Wildman–Crippen LogP) is 2.43. The Labute approximate surface area is 93.5 Å². The van der Waals surface area contributed by atoms with Crippen molar-refractivity contribution in [3.8, 4) is 17.2 Å². The van der Waals surface area contributed by atoms with E-state index in [2.05, 4.69) is 6.58 Å². The summed E-state index contributed by atoms with van der Waals surface area (Å²) in [6, 6.07) is 1.03. The summed E-state index contributed by atoms with van der Waals surface area (Å²) in [5, 5.41) is 28.9. The zero-order valence-electron chi connectivity index (χ0n) is 9.24. The molecule has 0 amide bonds. The molecular formula is C12H14O4. The minimum atomic E-state index is -0.424. The van der Waals surface area contributed by atoms with Crippen molar-refractivity contribution in [1.82, 2.24) is 0 Å². The normalized spacial score (nSPS) is 10.1. The lowest BCUT2D eigenvalue weighted by atomic mass is 9.98. The van der Waals surface area contributed by atoms with E-state index in [0.29, 0.717) is 5.57 Å². The highest BCUT2D eigenvalue weighted by atomic mass is 16.3. The highest BCUT2D eigenvalue weighted by Gasteiger charge is 2.21. The van der Waals surface area contributed by atoms with Gasteiger partial charge in [-0.2, -0.15) is 0 Å². The van der Waals surface area contributed by atoms with Gasteiger partial charge in [0.1, 0.15) is 22.8 Å². The number of hydrogen-bond donors (Lipinski definition) is 3. The molecule has 0 bridgehead atoms. The molecule has 0 saturated heterocycles. The van der Waals surface area contributed by atoms with Crippen LogP contribution < -0.4 is 0 Å². The van der Waals surface area contributed by atoms with Crippen molar-refractivity contribution in [2.45, 2.75) is 20.3 Å². The number of rotatable bonds is 3. The van der Waals surface area contributed by atoms with Crippen molar-refractivity contribution >= 4 is 11.4 Å². The third-order valence-electron chi connectivity index (χ3n) is 2.29. The maximum absolute atomic E-state index is 11.5. The summed E-state index contributed by atoms with van der Waals surface area (Å²) in [7, 11) is 0. The van der Waals surface area contributed by atoms with Crippen molar-refractivity contribution in [1.29, 1.82) is 0 Å². The van der Waals surface area contributed by atoms with Crippen LogP contribution in [0.3, 0.4) is 0 Å². The third kappa shape index (κ3) is 1.86. The van der Waals surface area contributed by atoms with Crippen LogP contribution in [0.1, 0.15) is 36.2 Å². The second kappa shape index (κ2) is 4.26. The van der Waals surface area contributed by atoms with Crippen LogP contribution in [0.15, 0.2) is 12.6 Å². The standard InChI is InChI=1S/C12H14O4/c1-4-7(13)11-9(15)5-8(14)10(6(2)3)12(11)16/h5,14-16H,2,4H2,1,3H3. The van der Waals surface area contributed by atoms with E-state index in [0.717, 1.165) is 6.07 Å². The monoisotopic (exact) mass is 222 g/mol. The molecule has 0 aliphatic rings. The Balaban J connectivity index is 3.57. The van der Waals surface area contributed by atoms with Gasteiger partial charge in [0.2, 0.25) is 0 Å². The lowest BCUT2D eigenvalue weighted by Crippen LogP contribution is -2.00. The number of hydrogen-bond acceptors (Lipinski definition) is 4. The summed E-state index contributed by atoms with van der Waals surface area (Å²) in [5.41, 5.74) is 0.341. The largest absolute Gasteiger partial charge is 0.507 e. The summed E-state index contributed by atoms with van der Waals surface area (Å²) < 4.78 is 0. The number of carbonyl (C=O) groups is 1. The second-order valence-electron chi connectivity index (χ2n) is 3.57. The van der Waals surface area contributed by atoms with Gasteiger partial charge in [-0.3, -0.25) is 4.79 Å². The number of phenolic OH excluding ortho intramolecular Hbond substituents is 3. The van der Waals surface area contributed by atoms with Crippen LogP contribution in [-0.4, -0.2) is 21.1 Å². The summed E-state index contributed by atoms with van der Waals surface area (Å²) in [4.78, 5) is 11.5. The number of ketones is 1. The topological polar surface area (TPSA) is 77.8 Å². The maximum Gasteiger partial charge on any atom is 0.170 e. The molecule has 0 unspecified atom stereocenters. The Morgan fingerprint density at radius 2 is 1.75 bits per heavy atom. The van der Waals surface area contributed by atoms with E-state index in [4.69, 9.17) is 0 Å². The fraction of sp³-hybridized carbons (Fsp3) is 0.250. The lowest BCUT2D eigenvalue weighted by molar-refractivity contribution is 0.0983. The smallest absolute Gasteiger partial charge is 0.170 e. The number of phenols is 3. The molecule has 0 heterocycles. The van der Waals surface area contributed by atoms with Crippen LogP contribution in [0.5, 0.6) is 17.2 Å². The van der Waals surface area contributed by atoms with E-state index in [1.807, 2.05) is 0 Å². The first-order valence-corrected chi connectivity index (χ1v) is 4.87. The highest BCUT2D eigenvalue weighted by molar-refractivity contribution is 6.03. The number of allylic oxidation sites excluding steroid dienone is 1. The molecule has 0 aliphatic heterocycles. The predicted molar refractivity (Wildman–Crippen MR) is 60.8 cm³/mol. The number of benzene rings is 1. The molecule has 1 aromatic carbocycles. The molecule has 16 heavy (non-hydrogen) atoms.